The summed E-state index contributed by atoms with van der Waals surface area (Å²) in [4.78, 5) is 20.2. The van der Waals surface area contributed by atoms with Crippen LogP contribution in [-0.4, -0.2) is 68.9 Å². The second-order valence-corrected chi connectivity index (χ2v) is 6.77. The first-order chi connectivity index (χ1) is 11.1. The number of likely N-dealkylation sites (tertiary alicyclic amines) is 1. The van der Waals surface area contributed by atoms with Crippen molar-refractivity contribution in [2.24, 2.45) is 0 Å². The molecule has 3 heterocycles. The van der Waals surface area contributed by atoms with Crippen LogP contribution in [0.3, 0.4) is 0 Å². The highest BCUT2D eigenvalue weighted by Gasteiger charge is 2.40. The minimum absolute atomic E-state index is 0.103. The summed E-state index contributed by atoms with van der Waals surface area (Å²) in [6.45, 7) is 1.37. The lowest BCUT2D eigenvalue weighted by molar-refractivity contribution is 0.0774. The van der Waals surface area contributed by atoms with Crippen LogP contribution < -0.4 is 0 Å². The average molecular weight is 314 g/mol. The summed E-state index contributed by atoms with van der Waals surface area (Å²) in [6, 6.07) is 2.43. The van der Waals surface area contributed by atoms with Gasteiger partial charge in [0, 0.05) is 25.5 Å². The van der Waals surface area contributed by atoms with Gasteiger partial charge in [0.2, 0.25) is 0 Å². The molecule has 1 saturated heterocycles. The first-order valence-corrected chi connectivity index (χ1v) is 8.14. The van der Waals surface area contributed by atoms with Crippen LogP contribution in [0.4, 0.5) is 0 Å². The fraction of sp³-hybridized carbons (Fsp3) is 0.562. The van der Waals surface area contributed by atoms with Crippen LogP contribution in [0, 0.1) is 0 Å². The van der Waals surface area contributed by atoms with Gasteiger partial charge in [-0.1, -0.05) is 5.21 Å². The van der Waals surface area contributed by atoms with Gasteiger partial charge in [0.05, 0.1) is 18.3 Å². The van der Waals surface area contributed by atoms with E-state index in [9.17, 15) is 4.79 Å². The number of H-pyrrole nitrogens is 1. The monoisotopic (exact) mass is 314 g/mol. The number of nitrogens with zero attached hydrogens (tertiary/aromatic N) is 5. The molecule has 1 aliphatic carbocycles. The number of hydrogen-bond donors (Lipinski definition) is 1. The highest BCUT2D eigenvalue weighted by atomic mass is 16.2. The van der Waals surface area contributed by atoms with Crippen LogP contribution in [-0.2, 0) is 0 Å². The average Bonchev–Trinajstić information content (AvgIpc) is 3.03. The van der Waals surface area contributed by atoms with E-state index < -0.39 is 0 Å². The van der Waals surface area contributed by atoms with Gasteiger partial charge >= 0.3 is 0 Å². The van der Waals surface area contributed by atoms with Crippen molar-refractivity contribution >= 4 is 5.91 Å². The molecular formula is C16H22N6O. The quantitative estimate of drug-likeness (QED) is 0.918. The van der Waals surface area contributed by atoms with E-state index in [0.29, 0.717) is 19.0 Å². The molecule has 4 rings (SSSR count). The first kappa shape index (κ1) is 14.4. The fourth-order valence-corrected chi connectivity index (χ4v) is 3.56. The number of hydrogen-bond acceptors (Lipinski definition) is 4. The molecule has 7 nitrogen and oxygen atoms in total. The number of aromatic nitrogens is 4. The number of likely N-dealkylation sites (N-methyl/N-ethyl adjacent to an activating group) is 1. The zero-order valence-electron chi connectivity index (χ0n) is 13.5. The van der Waals surface area contributed by atoms with E-state index in [4.69, 9.17) is 0 Å². The van der Waals surface area contributed by atoms with E-state index in [2.05, 4.69) is 26.3 Å². The third kappa shape index (κ3) is 2.55. The molecule has 1 amide bonds. The Morgan fingerprint density at radius 1 is 1.35 bits per heavy atom. The van der Waals surface area contributed by atoms with Gasteiger partial charge in [0.15, 0.2) is 0 Å². The maximum atomic E-state index is 13.0. The predicted octanol–water partition coefficient (Wildman–Crippen LogP) is 1.11. The molecule has 23 heavy (non-hydrogen) atoms. The summed E-state index contributed by atoms with van der Waals surface area (Å²) >= 11 is 0. The third-order valence-electron chi connectivity index (χ3n) is 5.00. The lowest BCUT2D eigenvalue weighted by Crippen LogP contribution is -2.37. The molecule has 2 aliphatic rings. The van der Waals surface area contributed by atoms with Crippen molar-refractivity contribution in [3.8, 4) is 0 Å². The van der Waals surface area contributed by atoms with Gasteiger partial charge in [-0.3, -0.25) is 4.79 Å². The number of carbonyl (C=O) groups is 1. The van der Waals surface area contributed by atoms with Crippen molar-refractivity contribution in [2.75, 3.05) is 27.2 Å². The molecule has 122 valence electrons. The Bertz CT molecular complexity index is 687. The lowest BCUT2D eigenvalue weighted by Gasteiger charge is -2.24. The number of nitrogens with one attached hydrogen (secondary N) is 1. The van der Waals surface area contributed by atoms with E-state index in [1.54, 1.807) is 6.20 Å². The van der Waals surface area contributed by atoms with Gasteiger partial charge in [0.25, 0.3) is 5.91 Å². The summed E-state index contributed by atoms with van der Waals surface area (Å²) < 4.78 is 1.87. The Kier molecular flexibility index (Phi) is 3.45. The maximum absolute atomic E-state index is 13.0. The number of amides is 1. The standard InChI is InChI=1S/C16H22N6O/c1-20(2)13-9-21(10-14(13)22-8-7-18-19-22)16(23)15-12(5-6-17-15)11-3-4-11/h5-8,11,13-14,17H,3-4,9-10H2,1-2H3/t13-,14+/m1/s1. The molecule has 2 atom stereocenters. The summed E-state index contributed by atoms with van der Waals surface area (Å²) in [6.07, 6.45) is 7.84. The van der Waals surface area contributed by atoms with Crippen molar-refractivity contribution in [1.29, 1.82) is 0 Å². The lowest BCUT2D eigenvalue weighted by atomic mass is 10.1. The van der Waals surface area contributed by atoms with E-state index >= 15 is 0 Å². The van der Waals surface area contributed by atoms with Crippen molar-refractivity contribution in [2.45, 2.75) is 30.8 Å². The van der Waals surface area contributed by atoms with Crippen molar-refractivity contribution in [3.63, 3.8) is 0 Å². The molecule has 7 heteroatoms. The Morgan fingerprint density at radius 3 is 2.83 bits per heavy atom. The van der Waals surface area contributed by atoms with E-state index in [1.807, 2.05) is 36.1 Å². The second-order valence-electron chi connectivity index (χ2n) is 6.77. The molecule has 1 N–H and O–H groups in total. The molecule has 2 aromatic rings. The second kappa shape index (κ2) is 5.49. The van der Waals surface area contributed by atoms with Crippen molar-refractivity contribution in [1.82, 2.24) is 29.8 Å². The van der Waals surface area contributed by atoms with E-state index in [1.165, 1.54) is 18.4 Å². The normalized spacial score (nSPS) is 24.6. The molecule has 1 saturated carbocycles. The Morgan fingerprint density at radius 2 is 2.17 bits per heavy atom. The smallest absolute Gasteiger partial charge is 0.270 e. The largest absolute Gasteiger partial charge is 0.357 e. The Balaban J connectivity index is 1.57. The molecule has 1 aliphatic heterocycles. The van der Waals surface area contributed by atoms with Crippen LogP contribution in [0.15, 0.2) is 24.7 Å². The first-order valence-electron chi connectivity index (χ1n) is 8.14. The van der Waals surface area contributed by atoms with Gasteiger partial charge in [-0.25, -0.2) is 4.68 Å². The number of rotatable bonds is 4. The van der Waals surface area contributed by atoms with Crippen LogP contribution in [0.5, 0.6) is 0 Å². The fourth-order valence-electron chi connectivity index (χ4n) is 3.56. The van der Waals surface area contributed by atoms with E-state index in [-0.39, 0.29) is 18.0 Å². The van der Waals surface area contributed by atoms with Crippen molar-refractivity contribution in [3.05, 3.63) is 35.9 Å². The molecule has 0 radical (unpaired) electrons. The minimum atomic E-state index is 0.103. The maximum Gasteiger partial charge on any atom is 0.270 e. The molecule has 0 unspecified atom stereocenters. The Hall–Kier alpha value is -2.15. The van der Waals surface area contributed by atoms with E-state index in [0.717, 1.165) is 5.69 Å². The minimum Gasteiger partial charge on any atom is -0.357 e. The molecule has 0 aromatic carbocycles. The van der Waals surface area contributed by atoms with Crippen molar-refractivity contribution < 1.29 is 4.79 Å². The molecular weight excluding hydrogens is 292 g/mol. The van der Waals surface area contributed by atoms with Gasteiger partial charge in [-0.2, -0.15) is 0 Å². The molecule has 2 fully saturated rings. The van der Waals surface area contributed by atoms with Crippen LogP contribution in [0.1, 0.15) is 40.9 Å². The van der Waals surface area contributed by atoms with Gasteiger partial charge < -0.3 is 14.8 Å². The number of aromatic amines is 1. The Labute approximate surface area is 135 Å². The predicted molar refractivity (Wildman–Crippen MR) is 85.2 cm³/mol. The van der Waals surface area contributed by atoms with Gasteiger partial charge in [-0.15, -0.1) is 5.10 Å². The summed E-state index contributed by atoms with van der Waals surface area (Å²) in [7, 11) is 4.10. The molecule has 0 bridgehead atoms. The number of carbonyl (C=O) groups excluding carboxylic acids is 1. The molecule has 0 spiro atoms. The summed E-state index contributed by atoms with van der Waals surface area (Å²) in [5, 5.41) is 8.05. The van der Waals surface area contributed by atoms with Crippen LogP contribution in [0.2, 0.25) is 0 Å². The SMILES string of the molecule is CN(C)[C@@H]1CN(C(=O)c2[nH]ccc2C2CC2)C[C@@H]1n1ccnn1. The van der Waals surface area contributed by atoms with Crippen LogP contribution >= 0.6 is 0 Å². The third-order valence-corrected chi connectivity index (χ3v) is 5.00. The molecule has 2 aromatic heterocycles. The topological polar surface area (TPSA) is 70.1 Å². The van der Waals surface area contributed by atoms with Crippen LogP contribution in [0.25, 0.3) is 0 Å². The zero-order valence-corrected chi connectivity index (χ0v) is 13.5. The summed E-state index contributed by atoms with van der Waals surface area (Å²) in [5.41, 5.74) is 1.95. The highest BCUT2D eigenvalue weighted by molar-refractivity contribution is 5.94. The summed E-state index contributed by atoms with van der Waals surface area (Å²) in [5.74, 6) is 0.671. The van der Waals surface area contributed by atoms with Gasteiger partial charge in [-0.05, 0) is 44.5 Å². The zero-order chi connectivity index (χ0) is 16.0. The van der Waals surface area contributed by atoms with Gasteiger partial charge in [0.1, 0.15) is 5.69 Å². The highest BCUT2D eigenvalue weighted by Crippen LogP contribution is 2.42.